The highest BCUT2D eigenvalue weighted by molar-refractivity contribution is 8.19. The van der Waals surface area contributed by atoms with Crippen LogP contribution in [0.4, 0.5) is 4.39 Å². The smallest absolute Gasteiger partial charge is 0.284 e. The van der Waals surface area contributed by atoms with E-state index < -0.39 is 21.7 Å². The van der Waals surface area contributed by atoms with Crippen LogP contribution >= 0.6 is 11.8 Å². The molecule has 1 saturated heterocycles. The first-order chi connectivity index (χ1) is 17.8. The minimum Gasteiger partial charge on any atom is -0.493 e. The number of thioether (sulfide) groups is 1. The summed E-state index contributed by atoms with van der Waals surface area (Å²) in [6.07, 6.45) is 8.72. The molecule has 1 aliphatic rings. The molecule has 0 radical (unpaired) electrons. The third kappa shape index (κ3) is 7.69. The maximum atomic E-state index is 13.2. The molecule has 0 spiro atoms. The van der Waals surface area contributed by atoms with Crippen LogP contribution in [0.15, 0.2) is 69.3 Å². The van der Waals surface area contributed by atoms with Gasteiger partial charge in [0, 0.05) is 6.54 Å². The number of benzene rings is 2. The SMILES string of the molecule is C=CCN1C(=O)C(=Cc2ccc(OC)c(OCCCCCCC)c2)SC1=NS(=O)(=O)c1ccc(F)cc1. The Morgan fingerprint density at radius 3 is 2.49 bits per heavy atom. The minimum atomic E-state index is -4.16. The molecule has 2 aromatic rings. The Labute approximate surface area is 222 Å². The van der Waals surface area contributed by atoms with E-state index in [0.29, 0.717) is 28.6 Å². The van der Waals surface area contributed by atoms with Crippen LogP contribution in [0.2, 0.25) is 0 Å². The zero-order valence-corrected chi connectivity index (χ0v) is 22.6. The van der Waals surface area contributed by atoms with E-state index in [2.05, 4.69) is 17.9 Å². The summed E-state index contributed by atoms with van der Waals surface area (Å²) in [5.74, 6) is 0.197. The summed E-state index contributed by atoms with van der Waals surface area (Å²) in [5, 5.41) is -0.00228. The van der Waals surface area contributed by atoms with Gasteiger partial charge in [-0.25, -0.2) is 4.39 Å². The van der Waals surface area contributed by atoms with Crippen molar-refractivity contribution in [1.29, 1.82) is 0 Å². The van der Waals surface area contributed by atoms with E-state index in [1.165, 1.54) is 30.2 Å². The fraction of sp³-hybridized carbons (Fsp3) is 0.333. The summed E-state index contributed by atoms with van der Waals surface area (Å²) in [7, 11) is -2.59. The number of hydrogen-bond donors (Lipinski definition) is 0. The highest BCUT2D eigenvalue weighted by Gasteiger charge is 2.34. The van der Waals surface area contributed by atoms with Crippen molar-refractivity contribution in [2.45, 2.75) is 43.9 Å². The Balaban J connectivity index is 1.84. The second-order valence-electron chi connectivity index (χ2n) is 8.29. The summed E-state index contributed by atoms with van der Waals surface area (Å²) in [5.41, 5.74) is 0.693. The van der Waals surface area contributed by atoms with Crippen molar-refractivity contribution in [2.75, 3.05) is 20.3 Å². The van der Waals surface area contributed by atoms with Crippen molar-refractivity contribution in [1.82, 2.24) is 4.90 Å². The van der Waals surface area contributed by atoms with Gasteiger partial charge in [0.15, 0.2) is 16.7 Å². The van der Waals surface area contributed by atoms with Crippen molar-refractivity contribution in [3.05, 3.63) is 71.4 Å². The molecule has 0 aliphatic carbocycles. The summed E-state index contributed by atoms with van der Waals surface area (Å²) >= 11 is 0.946. The number of ether oxygens (including phenoxy) is 2. The monoisotopic (exact) mass is 546 g/mol. The Kier molecular flexibility index (Phi) is 10.3. The largest absolute Gasteiger partial charge is 0.493 e. The van der Waals surface area contributed by atoms with Crippen molar-refractivity contribution in [3.8, 4) is 11.5 Å². The number of carbonyl (C=O) groups is 1. The summed E-state index contributed by atoms with van der Waals surface area (Å²) in [4.78, 5) is 14.5. The number of amidine groups is 1. The molecular formula is C27H31FN2O5S2. The lowest BCUT2D eigenvalue weighted by Gasteiger charge is -2.12. The van der Waals surface area contributed by atoms with Gasteiger partial charge < -0.3 is 9.47 Å². The fourth-order valence-corrected chi connectivity index (χ4v) is 5.75. The molecule has 3 rings (SSSR count). The third-order valence-electron chi connectivity index (χ3n) is 5.50. The standard InChI is InChI=1S/C27H31FN2O5S2/c1-4-6-7-8-9-17-35-24-18-20(10-15-23(24)34-3)19-25-26(31)30(16-5-2)27(36-25)29-37(32,33)22-13-11-21(28)12-14-22/h5,10-15,18-19H,2,4,6-9,16-17H2,1,3H3. The number of sulfonamides is 1. The van der Waals surface area contributed by atoms with E-state index in [-0.39, 0.29) is 16.6 Å². The Morgan fingerprint density at radius 2 is 1.81 bits per heavy atom. The van der Waals surface area contributed by atoms with Gasteiger partial charge in [0.1, 0.15) is 5.82 Å². The number of rotatable bonds is 13. The van der Waals surface area contributed by atoms with Gasteiger partial charge in [-0.15, -0.1) is 11.0 Å². The summed E-state index contributed by atoms with van der Waals surface area (Å²) in [6, 6.07) is 9.69. The Morgan fingerprint density at radius 1 is 1.08 bits per heavy atom. The molecule has 198 valence electrons. The molecule has 0 N–H and O–H groups in total. The molecule has 1 fully saturated rings. The first kappa shape index (κ1) is 28.5. The van der Waals surface area contributed by atoms with Crippen LogP contribution in [0.25, 0.3) is 6.08 Å². The molecule has 0 unspecified atom stereocenters. The normalized spacial score (nSPS) is 16.0. The molecule has 0 bridgehead atoms. The van der Waals surface area contributed by atoms with Crippen LogP contribution in [0.1, 0.15) is 44.6 Å². The van der Waals surface area contributed by atoms with Gasteiger partial charge in [-0.05, 0) is 66.2 Å². The quantitative estimate of drug-likeness (QED) is 0.173. The van der Waals surface area contributed by atoms with Gasteiger partial charge >= 0.3 is 0 Å². The van der Waals surface area contributed by atoms with Crippen molar-refractivity contribution in [3.63, 3.8) is 0 Å². The fourth-order valence-electron chi connectivity index (χ4n) is 3.56. The Hall–Kier alpha value is -3.11. The van der Waals surface area contributed by atoms with E-state index in [1.54, 1.807) is 31.4 Å². The number of unbranched alkanes of at least 4 members (excludes halogenated alkanes) is 4. The molecule has 2 aromatic carbocycles. The second kappa shape index (κ2) is 13.4. The second-order valence-corrected chi connectivity index (χ2v) is 10.9. The van der Waals surface area contributed by atoms with Crippen LogP contribution in [-0.2, 0) is 14.8 Å². The van der Waals surface area contributed by atoms with Crippen LogP contribution < -0.4 is 9.47 Å². The average molecular weight is 547 g/mol. The predicted molar refractivity (Wildman–Crippen MR) is 146 cm³/mol. The number of amides is 1. The first-order valence-electron chi connectivity index (χ1n) is 12.0. The highest BCUT2D eigenvalue weighted by atomic mass is 32.2. The first-order valence-corrected chi connectivity index (χ1v) is 14.3. The van der Waals surface area contributed by atoms with E-state index in [9.17, 15) is 17.6 Å². The number of halogens is 1. The molecule has 0 atom stereocenters. The lowest BCUT2D eigenvalue weighted by Crippen LogP contribution is -2.29. The third-order valence-corrected chi connectivity index (χ3v) is 7.90. The lowest BCUT2D eigenvalue weighted by atomic mass is 10.1. The van der Waals surface area contributed by atoms with Crippen molar-refractivity contribution in [2.24, 2.45) is 4.40 Å². The zero-order chi connectivity index (χ0) is 26.8. The van der Waals surface area contributed by atoms with E-state index in [1.807, 2.05) is 0 Å². The van der Waals surface area contributed by atoms with Gasteiger partial charge in [0.25, 0.3) is 15.9 Å². The number of hydrogen-bond acceptors (Lipinski definition) is 6. The molecule has 0 saturated carbocycles. The average Bonchev–Trinajstić information content (AvgIpc) is 3.15. The van der Waals surface area contributed by atoms with Gasteiger partial charge in [-0.1, -0.05) is 44.7 Å². The zero-order valence-electron chi connectivity index (χ0n) is 21.0. The summed E-state index contributed by atoms with van der Waals surface area (Å²) < 4.78 is 54.0. The van der Waals surface area contributed by atoms with Crippen LogP contribution in [0.5, 0.6) is 11.5 Å². The number of methoxy groups -OCH3 is 1. The topological polar surface area (TPSA) is 85.3 Å². The van der Waals surface area contributed by atoms with Gasteiger partial charge in [0.2, 0.25) is 0 Å². The van der Waals surface area contributed by atoms with Gasteiger partial charge in [0.05, 0.1) is 23.5 Å². The molecule has 0 aromatic heterocycles. The van der Waals surface area contributed by atoms with Crippen LogP contribution in [0.3, 0.4) is 0 Å². The minimum absolute atomic E-state index is 0.00228. The van der Waals surface area contributed by atoms with Crippen LogP contribution in [0, 0.1) is 5.82 Å². The number of carbonyl (C=O) groups excluding carboxylic acids is 1. The van der Waals surface area contributed by atoms with E-state index in [4.69, 9.17) is 9.47 Å². The molecule has 1 amide bonds. The molecular weight excluding hydrogens is 515 g/mol. The van der Waals surface area contributed by atoms with E-state index >= 15 is 0 Å². The maximum Gasteiger partial charge on any atom is 0.284 e. The molecule has 37 heavy (non-hydrogen) atoms. The van der Waals surface area contributed by atoms with Gasteiger partial charge in [-0.3, -0.25) is 9.69 Å². The predicted octanol–water partition coefficient (Wildman–Crippen LogP) is 6.03. The van der Waals surface area contributed by atoms with Crippen molar-refractivity contribution >= 4 is 38.9 Å². The molecule has 1 heterocycles. The lowest BCUT2D eigenvalue weighted by molar-refractivity contribution is -0.121. The van der Waals surface area contributed by atoms with E-state index in [0.717, 1.165) is 48.9 Å². The molecule has 7 nitrogen and oxygen atoms in total. The maximum absolute atomic E-state index is 13.2. The van der Waals surface area contributed by atoms with Gasteiger partial charge in [-0.2, -0.15) is 8.42 Å². The Bertz CT molecular complexity index is 1270. The molecule has 10 heteroatoms. The van der Waals surface area contributed by atoms with Crippen LogP contribution in [-0.4, -0.2) is 44.7 Å². The summed E-state index contributed by atoms with van der Waals surface area (Å²) in [6.45, 7) is 6.45. The number of nitrogens with zero attached hydrogens (tertiary/aromatic N) is 2. The molecule has 1 aliphatic heterocycles. The van der Waals surface area contributed by atoms with Crippen molar-refractivity contribution < 1.29 is 27.1 Å². The highest BCUT2D eigenvalue weighted by Crippen LogP contribution is 2.35.